The number of halogens is 4. The number of benzene rings is 2. The molecule has 0 fully saturated rings. The Kier molecular flexibility index (Phi) is 4.70. The van der Waals surface area contributed by atoms with Crippen molar-refractivity contribution < 1.29 is 17.9 Å². The Balaban J connectivity index is 2.31. The second-order valence-electron chi connectivity index (χ2n) is 4.15. The van der Waals surface area contributed by atoms with Gasteiger partial charge in [-0.3, -0.25) is 0 Å². The van der Waals surface area contributed by atoms with E-state index in [9.17, 15) is 13.2 Å². The van der Waals surface area contributed by atoms with Gasteiger partial charge in [0.1, 0.15) is 11.6 Å². The van der Waals surface area contributed by atoms with Crippen LogP contribution in [0.2, 0.25) is 0 Å². The molecule has 0 N–H and O–H groups in total. The second kappa shape index (κ2) is 6.31. The van der Waals surface area contributed by atoms with Crippen molar-refractivity contribution in [1.82, 2.24) is 0 Å². The number of ether oxygens (including phenoxy) is 1. The Morgan fingerprint density at radius 3 is 2.20 bits per heavy atom. The second-order valence-corrected chi connectivity index (χ2v) is 5.07. The quantitative estimate of drug-likeness (QED) is 0.561. The van der Waals surface area contributed by atoms with Gasteiger partial charge in [-0.2, -0.15) is 0 Å². The van der Waals surface area contributed by atoms with Gasteiger partial charge in [0.05, 0.1) is 11.4 Å². The minimum absolute atomic E-state index is 0.0491. The van der Waals surface area contributed by atoms with Crippen molar-refractivity contribution in [3.8, 4) is 5.75 Å². The molecule has 1 atom stereocenters. The van der Waals surface area contributed by atoms with E-state index < -0.39 is 22.3 Å². The Morgan fingerprint density at radius 1 is 1.00 bits per heavy atom. The predicted octanol–water partition coefficient (Wildman–Crippen LogP) is 4.99. The van der Waals surface area contributed by atoms with Gasteiger partial charge in [-0.15, -0.1) is 0 Å². The molecule has 0 saturated heterocycles. The Hall–Kier alpha value is -1.49. The maximum atomic E-state index is 13.7. The third-order valence-corrected chi connectivity index (χ3v) is 3.82. The van der Waals surface area contributed by atoms with Gasteiger partial charge in [-0.1, -0.05) is 28.1 Å². The van der Waals surface area contributed by atoms with Gasteiger partial charge in [-0.05, 0) is 30.7 Å². The van der Waals surface area contributed by atoms with Crippen LogP contribution in [0.25, 0.3) is 0 Å². The van der Waals surface area contributed by atoms with Crippen LogP contribution in [0, 0.1) is 17.5 Å². The summed E-state index contributed by atoms with van der Waals surface area (Å²) in [5.74, 6) is -2.37. The maximum absolute atomic E-state index is 13.7. The Labute approximate surface area is 123 Å². The molecule has 0 heterocycles. The minimum atomic E-state index is -1.20. The fourth-order valence-electron chi connectivity index (χ4n) is 1.81. The van der Waals surface area contributed by atoms with Crippen molar-refractivity contribution in [2.75, 3.05) is 6.61 Å². The molecule has 0 aliphatic rings. The first kappa shape index (κ1) is 14.9. The van der Waals surface area contributed by atoms with Crippen LogP contribution >= 0.6 is 15.9 Å². The standard InChI is InChI=1S/C15H12BrF3O/c1-2-20-10-5-3-9(4-6-10)15(16)11-7-13(18)14(19)8-12(11)17/h3-8,15H,2H2,1H3. The minimum Gasteiger partial charge on any atom is -0.494 e. The molecule has 1 unspecified atom stereocenters. The lowest BCUT2D eigenvalue weighted by Crippen LogP contribution is -2.00. The fraction of sp³-hybridized carbons (Fsp3) is 0.200. The van der Waals surface area contributed by atoms with E-state index in [0.717, 1.165) is 11.6 Å². The van der Waals surface area contributed by atoms with Crippen LogP contribution in [0.3, 0.4) is 0 Å². The molecule has 0 saturated carbocycles. The van der Waals surface area contributed by atoms with E-state index in [1.165, 1.54) is 0 Å². The SMILES string of the molecule is CCOc1ccc(C(Br)c2cc(F)c(F)cc2F)cc1. The number of alkyl halides is 1. The van der Waals surface area contributed by atoms with Crippen molar-refractivity contribution in [2.45, 2.75) is 11.8 Å². The van der Waals surface area contributed by atoms with Crippen molar-refractivity contribution in [1.29, 1.82) is 0 Å². The monoisotopic (exact) mass is 344 g/mol. The molecule has 2 aromatic carbocycles. The predicted molar refractivity (Wildman–Crippen MR) is 74.7 cm³/mol. The molecule has 2 rings (SSSR count). The highest BCUT2D eigenvalue weighted by molar-refractivity contribution is 9.09. The lowest BCUT2D eigenvalue weighted by Gasteiger charge is -2.13. The van der Waals surface area contributed by atoms with E-state index in [1.807, 2.05) is 6.92 Å². The molecule has 0 radical (unpaired) electrons. The van der Waals surface area contributed by atoms with Gasteiger partial charge < -0.3 is 4.74 Å². The number of hydrogen-bond donors (Lipinski definition) is 0. The first-order valence-electron chi connectivity index (χ1n) is 6.04. The van der Waals surface area contributed by atoms with Crippen molar-refractivity contribution in [3.63, 3.8) is 0 Å². The van der Waals surface area contributed by atoms with Crippen molar-refractivity contribution >= 4 is 15.9 Å². The third kappa shape index (κ3) is 3.15. The lowest BCUT2D eigenvalue weighted by molar-refractivity contribution is 0.340. The van der Waals surface area contributed by atoms with Gasteiger partial charge in [0.25, 0.3) is 0 Å². The van der Waals surface area contributed by atoms with E-state index in [0.29, 0.717) is 18.4 Å². The molecule has 106 valence electrons. The van der Waals surface area contributed by atoms with E-state index >= 15 is 0 Å². The van der Waals surface area contributed by atoms with E-state index in [1.54, 1.807) is 24.3 Å². The highest BCUT2D eigenvalue weighted by Crippen LogP contribution is 2.34. The molecule has 1 nitrogen and oxygen atoms in total. The average Bonchev–Trinajstić information content (AvgIpc) is 2.43. The summed E-state index contributed by atoms with van der Waals surface area (Å²) in [5.41, 5.74) is 0.770. The van der Waals surface area contributed by atoms with E-state index in [2.05, 4.69) is 15.9 Å². The van der Waals surface area contributed by atoms with Crippen LogP contribution in [0.1, 0.15) is 22.9 Å². The molecule has 0 spiro atoms. The van der Waals surface area contributed by atoms with Crippen molar-refractivity contribution in [3.05, 3.63) is 65.0 Å². The molecule has 0 aliphatic heterocycles. The topological polar surface area (TPSA) is 9.23 Å². The van der Waals surface area contributed by atoms with Crippen LogP contribution in [-0.2, 0) is 0 Å². The summed E-state index contributed by atoms with van der Waals surface area (Å²) in [5, 5.41) is 0. The summed E-state index contributed by atoms with van der Waals surface area (Å²) in [6.45, 7) is 2.42. The normalized spacial score (nSPS) is 12.2. The summed E-state index contributed by atoms with van der Waals surface area (Å²) in [4.78, 5) is -0.562. The van der Waals surface area contributed by atoms with E-state index in [-0.39, 0.29) is 5.56 Å². The largest absolute Gasteiger partial charge is 0.494 e. The lowest BCUT2D eigenvalue weighted by atomic mass is 10.0. The molecule has 20 heavy (non-hydrogen) atoms. The first-order valence-corrected chi connectivity index (χ1v) is 6.95. The van der Waals surface area contributed by atoms with Gasteiger partial charge in [-0.25, -0.2) is 13.2 Å². The molecular weight excluding hydrogens is 333 g/mol. The van der Waals surface area contributed by atoms with Crippen molar-refractivity contribution in [2.24, 2.45) is 0 Å². The Morgan fingerprint density at radius 2 is 1.60 bits per heavy atom. The molecule has 2 aromatic rings. The summed E-state index contributed by atoms with van der Waals surface area (Å²) in [7, 11) is 0. The van der Waals surface area contributed by atoms with Crippen LogP contribution in [-0.4, -0.2) is 6.61 Å². The van der Waals surface area contributed by atoms with Gasteiger partial charge in [0.15, 0.2) is 11.6 Å². The highest BCUT2D eigenvalue weighted by atomic mass is 79.9. The molecular formula is C15H12BrF3O. The first-order chi connectivity index (χ1) is 9.52. The molecule has 0 amide bonds. The summed E-state index contributed by atoms with van der Waals surface area (Å²) in [6.07, 6.45) is 0. The molecule has 0 aliphatic carbocycles. The third-order valence-electron chi connectivity index (χ3n) is 2.80. The van der Waals surface area contributed by atoms with Crippen LogP contribution in [0.5, 0.6) is 5.75 Å². The van der Waals surface area contributed by atoms with Crippen LogP contribution in [0.4, 0.5) is 13.2 Å². The van der Waals surface area contributed by atoms with Gasteiger partial charge >= 0.3 is 0 Å². The van der Waals surface area contributed by atoms with E-state index in [4.69, 9.17) is 4.74 Å². The van der Waals surface area contributed by atoms with Crippen LogP contribution in [0.15, 0.2) is 36.4 Å². The highest BCUT2D eigenvalue weighted by Gasteiger charge is 2.18. The number of rotatable bonds is 4. The molecule has 0 aromatic heterocycles. The zero-order valence-corrected chi connectivity index (χ0v) is 12.3. The zero-order valence-electron chi connectivity index (χ0n) is 10.7. The summed E-state index contributed by atoms with van der Waals surface area (Å²) >= 11 is 3.30. The maximum Gasteiger partial charge on any atom is 0.161 e. The fourth-order valence-corrected chi connectivity index (χ4v) is 2.47. The molecule has 5 heteroatoms. The van der Waals surface area contributed by atoms with Gasteiger partial charge in [0, 0.05) is 11.6 Å². The molecule has 0 bridgehead atoms. The summed E-state index contributed by atoms with van der Waals surface area (Å²) in [6, 6.07) is 8.38. The van der Waals surface area contributed by atoms with Crippen LogP contribution < -0.4 is 4.74 Å². The smallest absolute Gasteiger partial charge is 0.161 e. The zero-order chi connectivity index (χ0) is 14.7. The average molecular weight is 345 g/mol. The Bertz CT molecular complexity index is 599. The number of hydrogen-bond acceptors (Lipinski definition) is 1. The summed E-state index contributed by atoms with van der Waals surface area (Å²) < 4.78 is 45.1. The van der Waals surface area contributed by atoms with Gasteiger partial charge in [0.2, 0.25) is 0 Å².